The predicted molar refractivity (Wildman–Crippen MR) is 108 cm³/mol. The number of carbonyl (C=O) groups excluding carboxylic acids is 2. The van der Waals surface area contributed by atoms with Gasteiger partial charge in [0.1, 0.15) is 17.1 Å². The van der Waals surface area contributed by atoms with Crippen LogP contribution in [0.4, 0.5) is 0 Å². The standard InChI is InChI=1S/C14H12N6O5S4/c21-6(1-4-2-28-14(25)29-4)15-7-11(22)20-8(13(23)24)5(3-27-12(7)20)9(26)10-16-18-19-17-10/h2,7,9,12,26H,1,3H2,(H,15,21)(H,23,24)(H,16,17,18,19). The third kappa shape index (κ3) is 3.70. The molecule has 15 heteroatoms. The van der Waals surface area contributed by atoms with E-state index in [1.807, 2.05) is 0 Å². The Labute approximate surface area is 180 Å². The first-order chi connectivity index (χ1) is 13.9. The summed E-state index contributed by atoms with van der Waals surface area (Å²) < 4.78 is -0.103. The molecule has 0 saturated carbocycles. The number of amides is 2. The Hall–Kier alpha value is -2.23. The Balaban J connectivity index is 1.51. The largest absolute Gasteiger partial charge is 0.477 e. The SMILES string of the molecule is O=C(Cc1csc(=O)s1)NC1C(=O)N2C(C(=O)O)=C(C(S)c3nnn[nH]3)CSC12. The highest BCUT2D eigenvalue weighted by atomic mass is 32.2. The second-order valence-corrected chi connectivity index (χ2v) is 9.88. The number of carboxylic acids is 1. The molecule has 1 saturated heterocycles. The van der Waals surface area contributed by atoms with Crippen molar-refractivity contribution in [3.05, 3.63) is 36.2 Å². The van der Waals surface area contributed by atoms with Crippen LogP contribution in [0.1, 0.15) is 16.0 Å². The number of tetrazole rings is 1. The van der Waals surface area contributed by atoms with Crippen molar-refractivity contribution >= 4 is 64.8 Å². The molecule has 3 N–H and O–H groups in total. The van der Waals surface area contributed by atoms with Gasteiger partial charge in [-0.05, 0) is 16.0 Å². The van der Waals surface area contributed by atoms with E-state index in [9.17, 15) is 24.3 Å². The van der Waals surface area contributed by atoms with Crippen molar-refractivity contribution in [2.24, 2.45) is 0 Å². The number of hydrogen-bond acceptors (Lipinski definition) is 11. The van der Waals surface area contributed by atoms with Crippen molar-refractivity contribution in [2.75, 3.05) is 5.75 Å². The number of carbonyl (C=O) groups is 3. The first kappa shape index (κ1) is 20.1. The van der Waals surface area contributed by atoms with Crippen LogP contribution in [0.2, 0.25) is 0 Å². The van der Waals surface area contributed by atoms with Crippen molar-refractivity contribution in [3.63, 3.8) is 0 Å². The molecule has 11 nitrogen and oxygen atoms in total. The van der Waals surface area contributed by atoms with Crippen molar-refractivity contribution in [1.82, 2.24) is 30.8 Å². The zero-order valence-corrected chi connectivity index (χ0v) is 17.6. The van der Waals surface area contributed by atoms with Gasteiger partial charge in [-0.1, -0.05) is 22.7 Å². The summed E-state index contributed by atoms with van der Waals surface area (Å²) >= 11 is 7.73. The van der Waals surface area contributed by atoms with Gasteiger partial charge in [-0.3, -0.25) is 19.3 Å². The monoisotopic (exact) mass is 472 g/mol. The van der Waals surface area contributed by atoms with Crippen molar-refractivity contribution in [3.8, 4) is 0 Å². The first-order valence-electron chi connectivity index (χ1n) is 8.06. The number of thiol groups is 1. The minimum atomic E-state index is -1.27. The van der Waals surface area contributed by atoms with Crippen LogP contribution in [0, 0.1) is 0 Å². The van der Waals surface area contributed by atoms with Gasteiger partial charge in [-0.25, -0.2) is 9.89 Å². The highest BCUT2D eigenvalue weighted by Gasteiger charge is 2.54. The number of fused-ring (bicyclic) bond motifs is 1. The van der Waals surface area contributed by atoms with E-state index in [2.05, 4.69) is 38.6 Å². The number of aliphatic carboxylic acids is 1. The Bertz CT molecular complexity index is 1060. The second-order valence-electron chi connectivity index (χ2n) is 6.05. The summed E-state index contributed by atoms with van der Waals surface area (Å²) in [4.78, 5) is 49.8. The summed E-state index contributed by atoms with van der Waals surface area (Å²) in [5.74, 6) is -1.63. The van der Waals surface area contributed by atoms with Crippen molar-refractivity contribution in [2.45, 2.75) is 23.1 Å². The normalized spacial score (nSPS) is 22.1. The van der Waals surface area contributed by atoms with Crippen molar-refractivity contribution in [1.29, 1.82) is 0 Å². The lowest BCUT2D eigenvalue weighted by molar-refractivity contribution is -0.150. The smallest absolute Gasteiger partial charge is 0.352 e. The van der Waals surface area contributed by atoms with Gasteiger partial charge in [0.2, 0.25) is 5.91 Å². The molecule has 0 aromatic carbocycles. The lowest BCUT2D eigenvalue weighted by Crippen LogP contribution is -2.70. The number of carboxylic acid groups (broad SMARTS) is 1. The lowest BCUT2D eigenvalue weighted by atomic mass is 10.0. The molecule has 2 amide bonds. The Kier molecular flexibility index (Phi) is 5.46. The van der Waals surface area contributed by atoms with E-state index < -0.39 is 34.4 Å². The number of aromatic nitrogens is 4. The molecule has 0 radical (unpaired) electrons. The molecule has 2 aliphatic rings. The maximum atomic E-state index is 12.6. The zero-order valence-electron chi connectivity index (χ0n) is 14.3. The first-order valence-corrected chi connectivity index (χ1v) is 11.3. The van der Waals surface area contributed by atoms with Crippen LogP contribution in [0.5, 0.6) is 0 Å². The Morgan fingerprint density at radius 3 is 2.86 bits per heavy atom. The number of hydrogen-bond donors (Lipinski definition) is 4. The minimum Gasteiger partial charge on any atom is -0.477 e. The number of aromatic amines is 1. The number of thioether (sulfide) groups is 1. The molecule has 2 aromatic heterocycles. The molecule has 3 unspecified atom stereocenters. The molecule has 29 heavy (non-hydrogen) atoms. The summed E-state index contributed by atoms with van der Waals surface area (Å²) in [5.41, 5.74) is 0.221. The third-order valence-electron chi connectivity index (χ3n) is 4.30. The van der Waals surface area contributed by atoms with Gasteiger partial charge in [0.25, 0.3) is 9.96 Å². The Morgan fingerprint density at radius 1 is 1.45 bits per heavy atom. The molecule has 4 heterocycles. The van der Waals surface area contributed by atoms with E-state index in [0.717, 1.165) is 27.6 Å². The summed E-state index contributed by atoms with van der Waals surface area (Å²) in [6.07, 6.45) is -0.00530. The number of nitrogens with one attached hydrogen (secondary N) is 2. The van der Waals surface area contributed by atoms with Gasteiger partial charge in [-0.15, -0.1) is 16.9 Å². The van der Waals surface area contributed by atoms with E-state index >= 15 is 0 Å². The summed E-state index contributed by atoms with van der Waals surface area (Å²) in [7, 11) is 0. The average molecular weight is 473 g/mol. The summed E-state index contributed by atoms with van der Waals surface area (Å²) in [5, 5.41) is 25.9. The van der Waals surface area contributed by atoms with E-state index in [1.165, 1.54) is 11.8 Å². The van der Waals surface area contributed by atoms with Crippen molar-refractivity contribution < 1.29 is 19.5 Å². The van der Waals surface area contributed by atoms with Gasteiger partial charge >= 0.3 is 5.97 Å². The van der Waals surface area contributed by atoms with Crippen LogP contribution in [0.25, 0.3) is 0 Å². The second kappa shape index (κ2) is 7.89. The quantitative estimate of drug-likeness (QED) is 0.325. The highest BCUT2D eigenvalue weighted by Crippen LogP contribution is 2.44. The fourth-order valence-electron chi connectivity index (χ4n) is 3.03. The van der Waals surface area contributed by atoms with E-state index in [1.54, 1.807) is 5.38 Å². The van der Waals surface area contributed by atoms with Crippen LogP contribution in [-0.2, 0) is 20.8 Å². The third-order valence-corrected chi connectivity index (χ3v) is 8.14. The molecular weight excluding hydrogens is 460 g/mol. The molecule has 152 valence electrons. The molecule has 3 atom stereocenters. The topological polar surface area (TPSA) is 158 Å². The van der Waals surface area contributed by atoms with Crippen LogP contribution in [0.3, 0.4) is 0 Å². The summed E-state index contributed by atoms with van der Waals surface area (Å²) in [6, 6.07) is -0.830. The lowest BCUT2D eigenvalue weighted by Gasteiger charge is -2.49. The van der Waals surface area contributed by atoms with Gasteiger partial charge in [0.05, 0.1) is 11.7 Å². The van der Waals surface area contributed by atoms with E-state index in [4.69, 9.17) is 0 Å². The molecule has 0 bridgehead atoms. The minimum absolute atomic E-state index is 0.00530. The van der Waals surface area contributed by atoms with Crippen LogP contribution >= 0.6 is 47.1 Å². The van der Waals surface area contributed by atoms with Crippen LogP contribution in [0.15, 0.2) is 21.4 Å². The Morgan fingerprint density at radius 2 is 2.24 bits per heavy atom. The number of rotatable bonds is 6. The van der Waals surface area contributed by atoms with E-state index in [0.29, 0.717) is 10.5 Å². The fourth-order valence-corrected chi connectivity index (χ4v) is 6.59. The molecule has 1 fully saturated rings. The molecular formula is C14H12N6O5S4. The van der Waals surface area contributed by atoms with Gasteiger partial charge in [-0.2, -0.15) is 12.6 Å². The molecule has 0 aliphatic carbocycles. The predicted octanol–water partition coefficient (Wildman–Crippen LogP) is -0.365. The average Bonchev–Trinajstić information content (AvgIpc) is 3.36. The van der Waals surface area contributed by atoms with Gasteiger partial charge < -0.3 is 10.4 Å². The molecule has 2 aliphatic heterocycles. The van der Waals surface area contributed by atoms with Gasteiger partial charge in [0.15, 0.2) is 5.82 Å². The maximum Gasteiger partial charge on any atom is 0.352 e. The molecule has 2 aromatic rings. The molecule has 4 rings (SSSR count). The zero-order chi connectivity index (χ0) is 20.7. The van der Waals surface area contributed by atoms with Gasteiger partial charge in [0, 0.05) is 16.0 Å². The number of nitrogens with zero attached hydrogens (tertiary/aromatic N) is 4. The molecule has 0 spiro atoms. The maximum absolute atomic E-state index is 12.6. The fraction of sp³-hybridized carbons (Fsp3) is 0.357. The van der Waals surface area contributed by atoms with E-state index in [-0.39, 0.29) is 27.8 Å². The van der Waals surface area contributed by atoms with Crippen LogP contribution < -0.4 is 9.37 Å². The highest BCUT2D eigenvalue weighted by molar-refractivity contribution is 8.00. The number of β-lactam (4-membered cyclic amide) rings is 1. The summed E-state index contributed by atoms with van der Waals surface area (Å²) in [6.45, 7) is 0. The van der Waals surface area contributed by atoms with Crippen LogP contribution in [-0.4, -0.2) is 65.6 Å². The number of H-pyrrole nitrogens is 1.